The van der Waals surface area contributed by atoms with Crippen LogP contribution in [0, 0.1) is 5.92 Å². The Morgan fingerprint density at radius 2 is 2.00 bits per heavy atom. The fraction of sp³-hybridized carbons (Fsp3) is 0.550. The first-order valence-corrected chi connectivity index (χ1v) is 9.61. The van der Waals surface area contributed by atoms with Gasteiger partial charge in [-0.3, -0.25) is 0 Å². The van der Waals surface area contributed by atoms with Gasteiger partial charge in [0.1, 0.15) is 23.8 Å². The van der Waals surface area contributed by atoms with Gasteiger partial charge in [-0.15, -0.1) is 10.2 Å². The highest BCUT2D eigenvalue weighted by molar-refractivity contribution is 5.67. The normalized spacial score (nSPS) is 26.9. The number of aldehydes is 1. The van der Waals surface area contributed by atoms with Gasteiger partial charge in [-0.05, 0) is 49.8 Å². The predicted octanol–water partition coefficient (Wildman–Crippen LogP) is 3.65. The number of rotatable bonds is 6. The highest BCUT2D eigenvalue weighted by atomic mass is 19.4. The molecule has 2 heterocycles. The number of carbonyl (C=O) groups is 1. The maximum atomic E-state index is 12.8. The monoisotopic (exact) mass is 409 g/mol. The number of benzene rings is 1. The Kier molecular flexibility index (Phi) is 5.10. The first-order chi connectivity index (χ1) is 13.8. The molecule has 2 fully saturated rings. The summed E-state index contributed by atoms with van der Waals surface area (Å²) in [7, 11) is 1.84. The highest BCUT2D eigenvalue weighted by Gasteiger charge is 2.52. The minimum Gasteiger partial charge on any atom is -0.486 e. The fourth-order valence-electron chi connectivity index (χ4n) is 4.09. The molecule has 1 atom stereocenters. The Morgan fingerprint density at radius 1 is 1.28 bits per heavy atom. The van der Waals surface area contributed by atoms with Gasteiger partial charge in [-0.2, -0.15) is 13.2 Å². The van der Waals surface area contributed by atoms with Gasteiger partial charge in [0.05, 0.1) is 12.2 Å². The lowest BCUT2D eigenvalue weighted by Gasteiger charge is -2.29. The van der Waals surface area contributed by atoms with Gasteiger partial charge >= 0.3 is 6.18 Å². The zero-order chi connectivity index (χ0) is 20.6. The Labute approximate surface area is 166 Å². The molecule has 156 valence electrons. The van der Waals surface area contributed by atoms with Crippen LogP contribution in [0.1, 0.15) is 48.8 Å². The molecule has 1 aliphatic carbocycles. The molecular weight excluding hydrogens is 387 g/mol. The number of nitrogens with zero attached hydrogens (tertiary/aromatic N) is 3. The van der Waals surface area contributed by atoms with Crippen LogP contribution in [0.4, 0.5) is 13.2 Å². The van der Waals surface area contributed by atoms with Crippen LogP contribution in [0.2, 0.25) is 0 Å². The lowest BCUT2D eigenvalue weighted by atomic mass is 9.76. The van der Waals surface area contributed by atoms with Crippen molar-refractivity contribution in [3.05, 3.63) is 41.5 Å². The summed E-state index contributed by atoms with van der Waals surface area (Å²) in [6.07, 6.45) is 0.0977. The molecule has 2 aliphatic rings. The van der Waals surface area contributed by atoms with Crippen molar-refractivity contribution in [3.63, 3.8) is 0 Å². The topological polar surface area (TPSA) is 69.5 Å². The number of hydrogen-bond donors (Lipinski definition) is 0. The van der Waals surface area contributed by atoms with Gasteiger partial charge < -0.3 is 18.8 Å². The summed E-state index contributed by atoms with van der Waals surface area (Å²) in [5.74, 6) is 2.01. The third kappa shape index (κ3) is 4.01. The molecule has 1 saturated heterocycles. The smallest absolute Gasteiger partial charge is 0.416 e. The third-order valence-corrected chi connectivity index (χ3v) is 5.99. The number of epoxide rings is 1. The summed E-state index contributed by atoms with van der Waals surface area (Å²) >= 11 is 0. The van der Waals surface area contributed by atoms with Crippen molar-refractivity contribution in [1.29, 1.82) is 0 Å². The Bertz CT molecular complexity index is 885. The van der Waals surface area contributed by atoms with E-state index in [9.17, 15) is 18.0 Å². The molecule has 0 spiro atoms. The average molecular weight is 409 g/mol. The summed E-state index contributed by atoms with van der Waals surface area (Å²) in [5.41, 5.74) is -1.31. The van der Waals surface area contributed by atoms with Crippen molar-refractivity contribution < 1.29 is 27.4 Å². The quantitative estimate of drug-likeness (QED) is 0.538. The van der Waals surface area contributed by atoms with Crippen LogP contribution in [0.15, 0.2) is 24.3 Å². The van der Waals surface area contributed by atoms with E-state index in [0.717, 1.165) is 49.9 Å². The molecule has 9 heteroatoms. The number of ether oxygens (including phenoxy) is 2. The molecular formula is C20H22F3N3O3. The van der Waals surface area contributed by atoms with Gasteiger partial charge in [0.25, 0.3) is 0 Å². The number of aromatic nitrogens is 3. The van der Waals surface area contributed by atoms with Crippen LogP contribution < -0.4 is 4.74 Å². The molecule has 0 amide bonds. The van der Waals surface area contributed by atoms with Crippen LogP contribution in [-0.4, -0.2) is 33.3 Å². The second kappa shape index (κ2) is 7.44. The van der Waals surface area contributed by atoms with E-state index in [4.69, 9.17) is 9.47 Å². The zero-order valence-corrected chi connectivity index (χ0v) is 16.0. The van der Waals surface area contributed by atoms with E-state index in [1.807, 2.05) is 11.6 Å². The maximum Gasteiger partial charge on any atom is 0.416 e. The number of hydrogen-bond acceptors (Lipinski definition) is 5. The van der Waals surface area contributed by atoms with Gasteiger partial charge in [0.15, 0.2) is 12.1 Å². The highest BCUT2D eigenvalue weighted by Crippen LogP contribution is 2.45. The summed E-state index contributed by atoms with van der Waals surface area (Å²) in [6, 6.07) is 4.78. The molecule has 4 rings (SSSR count). The minimum atomic E-state index is -4.41. The summed E-state index contributed by atoms with van der Waals surface area (Å²) in [5, 5.41) is 8.44. The van der Waals surface area contributed by atoms with E-state index in [2.05, 4.69) is 10.2 Å². The van der Waals surface area contributed by atoms with Gasteiger partial charge in [-0.1, -0.05) is 6.07 Å². The maximum absolute atomic E-state index is 12.8. The second-order valence-electron chi connectivity index (χ2n) is 7.76. The molecule has 1 unspecified atom stereocenters. The molecule has 6 nitrogen and oxygen atoms in total. The Morgan fingerprint density at radius 3 is 2.62 bits per heavy atom. The third-order valence-electron chi connectivity index (χ3n) is 5.99. The van der Waals surface area contributed by atoms with Crippen molar-refractivity contribution >= 4 is 6.29 Å². The Hall–Kier alpha value is -2.42. The van der Waals surface area contributed by atoms with E-state index in [1.54, 1.807) is 0 Å². The van der Waals surface area contributed by atoms with Crippen molar-refractivity contribution in [2.75, 3.05) is 6.61 Å². The van der Waals surface area contributed by atoms with E-state index in [-0.39, 0.29) is 24.2 Å². The standard InChI is InChI=1S/C20H22F3N3O3/c1-26-17(10-28-16-4-2-3-15(9-16)20(21,22)23)24-25-18(26)13-5-7-14(8-6-13)19(11-27)12-29-19/h2-4,9,11,13-14H,5-8,10,12H2,1H3. The first-order valence-electron chi connectivity index (χ1n) is 9.61. The average Bonchev–Trinajstić information content (AvgIpc) is 3.43. The summed E-state index contributed by atoms with van der Waals surface area (Å²) < 4.78 is 51.2. The van der Waals surface area contributed by atoms with E-state index in [1.165, 1.54) is 12.1 Å². The Balaban J connectivity index is 1.38. The lowest BCUT2D eigenvalue weighted by molar-refractivity contribution is -0.137. The molecule has 1 aromatic carbocycles. The van der Waals surface area contributed by atoms with Gasteiger partial charge in [-0.25, -0.2) is 0 Å². The SMILES string of the molecule is Cn1c(COc2cccc(C(F)(F)F)c2)nnc1C1CCC(C2(C=O)CO2)CC1. The molecule has 29 heavy (non-hydrogen) atoms. The van der Waals surface area contributed by atoms with Crippen LogP contribution in [-0.2, 0) is 29.4 Å². The second-order valence-corrected chi connectivity index (χ2v) is 7.76. The number of carbonyl (C=O) groups excluding carboxylic acids is 1. The van der Waals surface area contributed by atoms with E-state index >= 15 is 0 Å². The number of alkyl halides is 3. The molecule has 0 N–H and O–H groups in total. The molecule has 1 aromatic heterocycles. The predicted molar refractivity (Wildman–Crippen MR) is 96.2 cm³/mol. The number of halogens is 3. The summed E-state index contributed by atoms with van der Waals surface area (Å²) in [6.45, 7) is 0.551. The lowest BCUT2D eigenvalue weighted by Crippen LogP contribution is -2.30. The van der Waals surface area contributed by atoms with Crippen molar-refractivity contribution in [3.8, 4) is 5.75 Å². The van der Waals surface area contributed by atoms with Gasteiger partial charge in [0, 0.05) is 13.0 Å². The van der Waals surface area contributed by atoms with Crippen LogP contribution >= 0.6 is 0 Å². The fourth-order valence-corrected chi connectivity index (χ4v) is 4.09. The van der Waals surface area contributed by atoms with Crippen LogP contribution in [0.25, 0.3) is 0 Å². The largest absolute Gasteiger partial charge is 0.486 e. The van der Waals surface area contributed by atoms with Crippen LogP contribution in [0.3, 0.4) is 0 Å². The molecule has 1 aliphatic heterocycles. The molecule has 0 bridgehead atoms. The molecule has 0 radical (unpaired) electrons. The first kappa shape index (κ1) is 19.9. The van der Waals surface area contributed by atoms with Crippen LogP contribution in [0.5, 0.6) is 5.75 Å². The van der Waals surface area contributed by atoms with Crippen molar-refractivity contribution in [2.24, 2.45) is 13.0 Å². The van der Waals surface area contributed by atoms with Crippen molar-refractivity contribution in [1.82, 2.24) is 14.8 Å². The molecule has 1 saturated carbocycles. The summed E-state index contributed by atoms with van der Waals surface area (Å²) in [4.78, 5) is 11.2. The molecule has 2 aromatic rings. The van der Waals surface area contributed by atoms with Gasteiger partial charge in [0.2, 0.25) is 0 Å². The minimum absolute atomic E-state index is 0.0300. The van der Waals surface area contributed by atoms with E-state index in [0.29, 0.717) is 12.4 Å². The van der Waals surface area contributed by atoms with Crippen molar-refractivity contribution in [2.45, 2.75) is 50.0 Å². The van der Waals surface area contributed by atoms with E-state index < -0.39 is 17.3 Å². The zero-order valence-electron chi connectivity index (χ0n) is 16.0.